The smallest absolute Gasteiger partial charge is 0.240 e. The van der Waals surface area contributed by atoms with Crippen molar-refractivity contribution >= 4 is 15.7 Å². The third-order valence-electron chi connectivity index (χ3n) is 2.98. The van der Waals surface area contributed by atoms with Crippen LogP contribution in [-0.4, -0.2) is 24.7 Å². The largest absolute Gasteiger partial charge is 0.398 e. The van der Waals surface area contributed by atoms with Crippen molar-refractivity contribution in [3.63, 3.8) is 0 Å². The third kappa shape index (κ3) is 3.58. The van der Waals surface area contributed by atoms with Gasteiger partial charge in [0, 0.05) is 31.2 Å². The van der Waals surface area contributed by atoms with E-state index in [1.807, 2.05) is 19.2 Å². The van der Waals surface area contributed by atoms with Gasteiger partial charge >= 0.3 is 0 Å². The van der Waals surface area contributed by atoms with Crippen molar-refractivity contribution in [2.24, 2.45) is 0 Å². The summed E-state index contributed by atoms with van der Waals surface area (Å²) in [6, 6.07) is 6.57. The van der Waals surface area contributed by atoms with Crippen LogP contribution in [-0.2, 0) is 16.6 Å². The highest BCUT2D eigenvalue weighted by Crippen LogP contribution is 2.16. The van der Waals surface area contributed by atoms with Crippen LogP contribution in [0.4, 0.5) is 5.69 Å². The standard InChI is InChI=1S/C13H18N4O2S/c1-11-4-5-12(10-13(11)14)20(18,19)16-7-3-9-17-8-2-6-15-17/h2,4-6,8,10,16H,3,7,9,14H2,1H3. The highest BCUT2D eigenvalue weighted by molar-refractivity contribution is 7.89. The Hall–Kier alpha value is -1.86. The molecule has 0 atom stereocenters. The number of rotatable bonds is 6. The maximum atomic E-state index is 12.1. The lowest BCUT2D eigenvalue weighted by molar-refractivity contribution is 0.553. The van der Waals surface area contributed by atoms with Crippen LogP contribution in [0.15, 0.2) is 41.6 Å². The molecule has 0 aliphatic heterocycles. The number of nitrogens with one attached hydrogen (secondary N) is 1. The molecule has 0 amide bonds. The molecule has 3 N–H and O–H groups in total. The van der Waals surface area contributed by atoms with Gasteiger partial charge in [-0.2, -0.15) is 5.10 Å². The van der Waals surface area contributed by atoms with E-state index in [-0.39, 0.29) is 4.90 Å². The molecule has 0 saturated heterocycles. The Morgan fingerprint density at radius 3 is 2.85 bits per heavy atom. The van der Waals surface area contributed by atoms with Gasteiger partial charge in [-0.25, -0.2) is 13.1 Å². The lowest BCUT2D eigenvalue weighted by Gasteiger charge is -2.08. The number of benzene rings is 1. The second kappa shape index (κ2) is 6.06. The summed E-state index contributed by atoms with van der Waals surface area (Å²) in [6.07, 6.45) is 4.21. The Morgan fingerprint density at radius 1 is 1.40 bits per heavy atom. The molecule has 0 fully saturated rings. The van der Waals surface area contributed by atoms with Crippen LogP contribution in [0.5, 0.6) is 0 Å². The lowest BCUT2D eigenvalue weighted by atomic mass is 10.2. The number of aromatic nitrogens is 2. The molecule has 0 saturated carbocycles. The van der Waals surface area contributed by atoms with Gasteiger partial charge in [0.1, 0.15) is 0 Å². The van der Waals surface area contributed by atoms with E-state index in [0.29, 0.717) is 25.2 Å². The number of aryl methyl sites for hydroxylation is 2. The summed E-state index contributed by atoms with van der Waals surface area (Å²) in [6.45, 7) is 2.87. The van der Waals surface area contributed by atoms with E-state index in [2.05, 4.69) is 9.82 Å². The Balaban J connectivity index is 1.92. The summed E-state index contributed by atoms with van der Waals surface area (Å²) in [5.74, 6) is 0. The van der Waals surface area contributed by atoms with Crippen LogP contribution in [0.2, 0.25) is 0 Å². The Morgan fingerprint density at radius 2 is 2.20 bits per heavy atom. The molecule has 20 heavy (non-hydrogen) atoms. The minimum absolute atomic E-state index is 0.194. The van der Waals surface area contributed by atoms with Crippen molar-refractivity contribution in [2.45, 2.75) is 24.8 Å². The number of nitrogen functional groups attached to an aromatic ring is 1. The summed E-state index contributed by atoms with van der Waals surface area (Å²) < 4.78 is 28.5. The molecule has 108 valence electrons. The molecule has 2 rings (SSSR count). The number of nitrogens with two attached hydrogens (primary N) is 1. The average Bonchev–Trinajstić information content (AvgIpc) is 2.91. The first-order valence-electron chi connectivity index (χ1n) is 6.32. The molecule has 1 aromatic carbocycles. The minimum atomic E-state index is -3.50. The average molecular weight is 294 g/mol. The summed E-state index contributed by atoms with van der Waals surface area (Å²) in [5.41, 5.74) is 7.07. The highest BCUT2D eigenvalue weighted by atomic mass is 32.2. The van der Waals surface area contributed by atoms with Gasteiger partial charge in [0.15, 0.2) is 0 Å². The van der Waals surface area contributed by atoms with Crippen LogP contribution in [0.25, 0.3) is 0 Å². The summed E-state index contributed by atoms with van der Waals surface area (Å²) in [4.78, 5) is 0.194. The maximum Gasteiger partial charge on any atom is 0.240 e. The number of hydrogen-bond donors (Lipinski definition) is 2. The molecule has 0 spiro atoms. The lowest BCUT2D eigenvalue weighted by Crippen LogP contribution is -2.25. The van der Waals surface area contributed by atoms with Crippen molar-refractivity contribution in [3.8, 4) is 0 Å². The quantitative estimate of drug-likeness (QED) is 0.617. The SMILES string of the molecule is Cc1ccc(S(=O)(=O)NCCCn2cccn2)cc1N. The fourth-order valence-corrected chi connectivity index (χ4v) is 2.86. The molecule has 0 unspecified atom stereocenters. The molecule has 0 radical (unpaired) electrons. The van der Waals surface area contributed by atoms with Gasteiger partial charge in [-0.1, -0.05) is 6.07 Å². The summed E-state index contributed by atoms with van der Waals surface area (Å²) in [5, 5.41) is 4.05. The fraction of sp³-hybridized carbons (Fsp3) is 0.308. The normalized spacial score (nSPS) is 11.7. The Bertz CT molecular complexity index is 666. The van der Waals surface area contributed by atoms with E-state index in [1.165, 1.54) is 6.07 Å². The second-order valence-corrected chi connectivity index (χ2v) is 6.31. The van der Waals surface area contributed by atoms with Gasteiger partial charge in [0.2, 0.25) is 10.0 Å². The summed E-state index contributed by atoms with van der Waals surface area (Å²) in [7, 11) is -3.50. The Labute approximate surface area is 118 Å². The third-order valence-corrected chi connectivity index (χ3v) is 4.43. The van der Waals surface area contributed by atoms with Crippen molar-refractivity contribution in [1.29, 1.82) is 0 Å². The van der Waals surface area contributed by atoms with Crippen LogP contribution in [0, 0.1) is 6.92 Å². The molecule has 0 bridgehead atoms. The molecule has 6 nitrogen and oxygen atoms in total. The molecule has 0 aliphatic rings. The van der Waals surface area contributed by atoms with Gasteiger partial charge in [0.05, 0.1) is 4.90 Å². The van der Waals surface area contributed by atoms with Crippen molar-refractivity contribution in [3.05, 3.63) is 42.2 Å². The van der Waals surface area contributed by atoms with Gasteiger partial charge in [-0.05, 0) is 37.1 Å². The predicted molar refractivity (Wildman–Crippen MR) is 77.6 cm³/mol. The van der Waals surface area contributed by atoms with Gasteiger partial charge in [0.25, 0.3) is 0 Å². The number of anilines is 1. The molecular formula is C13H18N4O2S. The zero-order valence-electron chi connectivity index (χ0n) is 11.3. The van der Waals surface area contributed by atoms with E-state index in [9.17, 15) is 8.42 Å². The van der Waals surface area contributed by atoms with Crippen molar-refractivity contribution < 1.29 is 8.42 Å². The fourth-order valence-electron chi connectivity index (χ4n) is 1.75. The van der Waals surface area contributed by atoms with Crippen molar-refractivity contribution in [2.75, 3.05) is 12.3 Å². The molecule has 1 heterocycles. The molecule has 0 aliphatic carbocycles. The summed E-state index contributed by atoms with van der Waals surface area (Å²) >= 11 is 0. The van der Waals surface area contributed by atoms with E-state index >= 15 is 0 Å². The van der Waals surface area contributed by atoms with Crippen LogP contribution < -0.4 is 10.5 Å². The molecular weight excluding hydrogens is 276 g/mol. The van der Waals surface area contributed by atoms with Gasteiger partial charge in [-0.15, -0.1) is 0 Å². The predicted octanol–water partition coefficient (Wildman–Crippen LogP) is 1.14. The number of hydrogen-bond acceptors (Lipinski definition) is 4. The molecule has 7 heteroatoms. The van der Waals surface area contributed by atoms with Crippen LogP contribution in [0.3, 0.4) is 0 Å². The Kier molecular flexibility index (Phi) is 4.41. The van der Waals surface area contributed by atoms with Crippen LogP contribution >= 0.6 is 0 Å². The molecule has 1 aromatic heterocycles. The minimum Gasteiger partial charge on any atom is -0.398 e. The van der Waals surface area contributed by atoms with E-state index in [1.54, 1.807) is 23.0 Å². The van der Waals surface area contributed by atoms with Gasteiger partial charge < -0.3 is 5.73 Å². The zero-order chi connectivity index (χ0) is 14.6. The maximum absolute atomic E-state index is 12.1. The second-order valence-electron chi connectivity index (χ2n) is 4.54. The van der Waals surface area contributed by atoms with E-state index in [4.69, 9.17) is 5.73 Å². The highest BCUT2D eigenvalue weighted by Gasteiger charge is 2.13. The first-order chi connectivity index (χ1) is 9.49. The zero-order valence-corrected chi connectivity index (χ0v) is 12.1. The first kappa shape index (κ1) is 14.5. The van der Waals surface area contributed by atoms with Crippen molar-refractivity contribution in [1.82, 2.24) is 14.5 Å². The first-order valence-corrected chi connectivity index (χ1v) is 7.80. The topological polar surface area (TPSA) is 90.0 Å². The van der Waals surface area contributed by atoms with Gasteiger partial charge in [-0.3, -0.25) is 4.68 Å². The number of sulfonamides is 1. The monoisotopic (exact) mass is 294 g/mol. The van der Waals surface area contributed by atoms with E-state index < -0.39 is 10.0 Å². The van der Waals surface area contributed by atoms with Crippen LogP contribution in [0.1, 0.15) is 12.0 Å². The molecule has 2 aromatic rings. The van der Waals surface area contributed by atoms with E-state index in [0.717, 1.165) is 5.56 Å². The number of nitrogens with zero attached hydrogens (tertiary/aromatic N) is 2.